The van der Waals surface area contributed by atoms with Crippen molar-refractivity contribution >= 4 is 43.8 Å². The molecule has 4 nitrogen and oxygen atoms in total. The second-order valence-corrected chi connectivity index (χ2v) is 7.29. The molecule has 0 aromatic heterocycles. The highest BCUT2D eigenvalue weighted by molar-refractivity contribution is 9.13. The van der Waals surface area contributed by atoms with Crippen molar-refractivity contribution in [3.63, 3.8) is 0 Å². The molecule has 0 aliphatic heterocycles. The summed E-state index contributed by atoms with van der Waals surface area (Å²) in [6.45, 7) is 0. The number of aromatic carboxylic acids is 2. The van der Waals surface area contributed by atoms with Crippen LogP contribution in [0.5, 0.6) is 0 Å². The third kappa shape index (κ3) is 3.71. The monoisotopic (exact) mass is 474 g/mol. The van der Waals surface area contributed by atoms with E-state index in [9.17, 15) is 9.59 Å². The molecule has 0 heterocycles. The van der Waals surface area contributed by atoms with Crippen molar-refractivity contribution < 1.29 is 19.8 Å². The Morgan fingerprint density at radius 3 is 1.19 bits per heavy atom. The normalized spacial score (nSPS) is 10.5. The van der Waals surface area contributed by atoms with Gasteiger partial charge in [-0.25, -0.2) is 9.59 Å². The van der Waals surface area contributed by atoms with Gasteiger partial charge in [-0.3, -0.25) is 0 Å². The van der Waals surface area contributed by atoms with Crippen LogP contribution in [0.15, 0.2) is 69.6 Å². The number of carboxylic acids is 2. The van der Waals surface area contributed by atoms with E-state index in [0.717, 1.165) is 31.2 Å². The minimum absolute atomic E-state index is 0.220. The predicted octanol–water partition coefficient (Wildman–Crippen LogP) is 5.94. The van der Waals surface area contributed by atoms with Crippen molar-refractivity contribution in [3.8, 4) is 22.3 Å². The number of carboxylic acid groups (broad SMARTS) is 2. The topological polar surface area (TPSA) is 74.6 Å². The Morgan fingerprint density at radius 2 is 0.923 bits per heavy atom. The fourth-order valence-electron chi connectivity index (χ4n) is 2.61. The molecule has 3 aromatic carbocycles. The summed E-state index contributed by atoms with van der Waals surface area (Å²) < 4.78 is 1.72. The second kappa shape index (κ2) is 7.43. The molecule has 6 heteroatoms. The number of benzene rings is 3. The van der Waals surface area contributed by atoms with Crippen LogP contribution in [0.3, 0.4) is 0 Å². The first kappa shape index (κ1) is 18.4. The van der Waals surface area contributed by atoms with E-state index < -0.39 is 11.9 Å². The van der Waals surface area contributed by atoms with Gasteiger partial charge >= 0.3 is 11.9 Å². The quantitative estimate of drug-likeness (QED) is 0.489. The van der Waals surface area contributed by atoms with Gasteiger partial charge in [0.15, 0.2) is 0 Å². The zero-order chi connectivity index (χ0) is 18.8. The van der Waals surface area contributed by atoms with E-state index in [1.807, 2.05) is 12.1 Å². The first-order chi connectivity index (χ1) is 12.4. The highest BCUT2D eigenvalue weighted by Gasteiger charge is 2.13. The molecule has 0 saturated carbocycles. The maximum Gasteiger partial charge on any atom is 0.335 e. The van der Waals surface area contributed by atoms with Gasteiger partial charge in [0.05, 0.1) is 11.1 Å². The summed E-state index contributed by atoms with van der Waals surface area (Å²) in [5.41, 5.74) is 3.97. The third-order valence-electron chi connectivity index (χ3n) is 3.95. The smallest absolute Gasteiger partial charge is 0.335 e. The first-order valence-electron chi connectivity index (χ1n) is 7.53. The van der Waals surface area contributed by atoms with E-state index in [1.54, 1.807) is 48.5 Å². The van der Waals surface area contributed by atoms with Gasteiger partial charge in [0, 0.05) is 8.95 Å². The van der Waals surface area contributed by atoms with E-state index in [2.05, 4.69) is 31.9 Å². The molecule has 3 rings (SSSR count). The summed E-state index contributed by atoms with van der Waals surface area (Å²) in [5.74, 6) is -1.95. The Kier molecular flexibility index (Phi) is 5.25. The SMILES string of the molecule is O=C(O)c1ccc(-c2cc(Br)c(Br)cc2-c2ccc(C(=O)O)cc2)cc1. The van der Waals surface area contributed by atoms with Crippen molar-refractivity contribution in [2.24, 2.45) is 0 Å². The molecule has 0 unspecified atom stereocenters. The lowest BCUT2D eigenvalue weighted by Crippen LogP contribution is -1.96. The highest BCUT2D eigenvalue weighted by Crippen LogP contribution is 2.38. The van der Waals surface area contributed by atoms with Gasteiger partial charge in [-0.1, -0.05) is 24.3 Å². The van der Waals surface area contributed by atoms with Gasteiger partial charge in [0.1, 0.15) is 0 Å². The lowest BCUT2D eigenvalue weighted by molar-refractivity contribution is 0.0686. The van der Waals surface area contributed by atoms with Crippen LogP contribution in [0.2, 0.25) is 0 Å². The Morgan fingerprint density at radius 1 is 0.615 bits per heavy atom. The van der Waals surface area contributed by atoms with Crippen molar-refractivity contribution in [1.82, 2.24) is 0 Å². The number of halogens is 2. The van der Waals surface area contributed by atoms with Gasteiger partial charge in [-0.05, 0) is 90.5 Å². The summed E-state index contributed by atoms with van der Waals surface area (Å²) in [6.07, 6.45) is 0. The molecule has 0 atom stereocenters. The van der Waals surface area contributed by atoms with E-state index in [1.165, 1.54) is 0 Å². The van der Waals surface area contributed by atoms with Crippen LogP contribution in [-0.2, 0) is 0 Å². The summed E-state index contributed by atoms with van der Waals surface area (Å²) in [6, 6.07) is 17.2. The van der Waals surface area contributed by atoms with E-state index in [-0.39, 0.29) is 11.1 Å². The molecule has 0 spiro atoms. The maximum atomic E-state index is 11.1. The van der Waals surface area contributed by atoms with Gasteiger partial charge < -0.3 is 10.2 Å². The first-order valence-corrected chi connectivity index (χ1v) is 9.12. The largest absolute Gasteiger partial charge is 0.478 e. The van der Waals surface area contributed by atoms with Gasteiger partial charge in [0.2, 0.25) is 0 Å². The minimum atomic E-state index is -0.974. The number of carbonyl (C=O) groups is 2. The molecule has 0 amide bonds. The molecule has 3 aromatic rings. The highest BCUT2D eigenvalue weighted by atomic mass is 79.9. The molecular formula is C20H12Br2O4. The van der Waals surface area contributed by atoms with Gasteiger partial charge in [0.25, 0.3) is 0 Å². The van der Waals surface area contributed by atoms with E-state index >= 15 is 0 Å². The zero-order valence-corrected chi connectivity index (χ0v) is 16.4. The molecule has 0 saturated heterocycles. The molecule has 0 radical (unpaired) electrons. The average Bonchev–Trinajstić information content (AvgIpc) is 2.63. The molecule has 0 aliphatic carbocycles. The standard InChI is InChI=1S/C20H12Br2O4/c21-17-9-15(11-1-5-13(6-2-11)19(23)24)16(10-18(17)22)12-3-7-14(8-4-12)20(25)26/h1-10H,(H,23,24)(H,25,26). The van der Waals surface area contributed by atoms with Crippen LogP contribution in [0.1, 0.15) is 20.7 Å². The second-order valence-electron chi connectivity index (χ2n) is 5.58. The van der Waals surface area contributed by atoms with E-state index in [0.29, 0.717) is 0 Å². The molecule has 0 bridgehead atoms. The van der Waals surface area contributed by atoms with Crippen LogP contribution < -0.4 is 0 Å². The average molecular weight is 476 g/mol. The fraction of sp³-hybridized carbons (Fsp3) is 0. The number of hydrogen-bond donors (Lipinski definition) is 2. The summed E-state index contributed by atoms with van der Waals surface area (Å²) >= 11 is 7.00. The van der Waals surface area contributed by atoms with Gasteiger partial charge in [-0.2, -0.15) is 0 Å². The van der Waals surface area contributed by atoms with Crippen LogP contribution in [0, 0.1) is 0 Å². The lowest BCUT2D eigenvalue weighted by atomic mass is 9.93. The summed E-state index contributed by atoms with van der Waals surface area (Å²) in [5, 5.41) is 18.1. The molecule has 0 fully saturated rings. The molecule has 26 heavy (non-hydrogen) atoms. The van der Waals surface area contributed by atoms with Crippen LogP contribution >= 0.6 is 31.9 Å². The third-order valence-corrected chi connectivity index (χ3v) is 5.79. The molecule has 2 N–H and O–H groups in total. The van der Waals surface area contributed by atoms with Gasteiger partial charge in [-0.15, -0.1) is 0 Å². The van der Waals surface area contributed by atoms with Crippen molar-refractivity contribution in [3.05, 3.63) is 80.7 Å². The number of rotatable bonds is 4. The Labute approximate surface area is 166 Å². The van der Waals surface area contributed by atoms with Crippen molar-refractivity contribution in [2.45, 2.75) is 0 Å². The van der Waals surface area contributed by atoms with E-state index in [4.69, 9.17) is 10.2 Å². The fourth-order valence-corrected chi connectivity index (χ4v) is 3.30. The molecule has 130 valence electrons. The van der Waals surface area contributed by atoms with Crippen LogP contribution in [0.25, 0.3) is 22.3 Å². The maximum absolute atomic E-state index is 11.1. The molecule has 0 aliphatic rings. The summed E-state index contributed by atoms with van der Waals surface area (Å²) in [7, 11) is 0. The number of hydrogen-bond acceptors (Lipinski definition) is 2. The van der Waals surface area contributed by atoms with Crippen LogP contribution in [0.4, 0.5) is 0 Å². The lowest BCUT2D eigenvalue weighted by Gasteiger charge is -2.13. The minimum Gasteiger partial charge on any atom is -0.478 e. The van der Waals surface area contributed by atoms with Crippen molar-refractivity contribution in [1.29, 1.82) is 0 Å². The Hall–Kier alpha value is -2.44. The zero-order valence-electron chi connectivity index (χ0n) is 13.2. The van der Waals surface area contributed by atoms with Crippen LogP contribution in [-0.4, -0.2) is 22.2 Å². The Bertz CT molecular complexity index is 911. The predicted molar refractivity (Wildman–Crippen MR) is 107 cm³/mol. The molecular weight excluding hydrogens is 464 g/mol. The Balaban J connectivity index is 2.14. The van der Waals surface area contributed by atoms with Crippen molar-refractivity contribution in [2.75, 3.05) is 0 Å². The summed E-state index contributed by atoms with van der Waals surface area (Å²) in [4.78, 5) is 22.1.